The van der Waals surface area contributed by atoms with E-state index in [1.165, 1.54) is 0 Å². The summed E-state index contributed by atoms with van der Waals surface area (Å²) in [7, 11) is 0. The minimum atomic E-state index is -0.833. The number of hydrogen-bond donors (Lipinski definition) is 1. The SMILES string of the molecule is CC(=O)O.Cc1[c-]cc2cccnc2c1.[K+]. The molecule has 0 aliphatic rings. The number of carbonyl (C=O) groups is 1. The Hall–Kier alpha value is -0.264. The van der Waals surface area contributed by atoms with E-state index in [1.54, 1.807) is 0 Å². The average molecular weight is 241 g/mol. The third-order valence-corrected chi connectivity index (χ3v) is 1.68. The van der Waals surface area contributed by atoms with Crippen LogP contribution in [0.4, 0.5) is 0 Å². The number of carboxylic acids is 1. The molecular formula is C12H12KNO2. The van der Waals surface area contributed by atoms with E-state index in [4.69, 9.17) is 9.90 Å². The maximum atomic E-state index is 9.00. The second-order valence-corrected chi connectivity index (χ2v) is 3.11. The van der Waals surface area contributed by atoms with Crippen LogP contribution >= 0.6 is 0 Å². The van der Waals surface area contributed by atoms with Gasteiger partial charge in [-0.2, -0.15) is 17.7 Å². The maximum Gasteiger partial charge on any atom is 1.00 e. The van der Waals surface area contributed by atoms with Gasteiger partial charge in [-0.05, 0) is 5.52 Å². The zero-order chi connectivity index (χ0) is 11.3. The van der Waals surface area contributed by atoms with Crippen LogP contribution in [0.15, 0.2) is 30.5 Å². The van der Waals surface area contributed by atoms with Crippen LogP contribution in [0, 0.1) is 13.0 Å². The molecule has 1 aromatic heterocycles. The van der Waals surface area contributed by atoms with Crippen molar-refractivity contribution in [3.8, 4) is 0 Å². The van der Waals surface area contributed by atoms with Gasteiger partial charge < -0.3 is 5.11 Å². The number of hydrogen-bond acceptors (Lipinski definition) is 2. The first-order valence-electron chi connectivity index (χ1n) is 4.52. The number of aryl methyl sites for hydroxylation is 1. The minimum absolute atomic E-state index is 0. The molecule has 0 atom stereocenters. The number of rotatable bonds is 0. The van der Waals surface area contributed by atoms with E-state index in [9.17, 15) is 0 Å². The van der Waals surface area contributed by atoms with Crippen LogP contribution < -0.4 is 51.4 Å². The molecule has 0 spiro atoms. The molecule has 0 saturated heterocycles. The largest absolute Gasteiger partial charge is 1.00 e. The topological polar surface area (TPSA) is 50.2 Å². The molecule has 0 fully saturated rings. The van der Waals surface area contributed by atoms with Crippen molar-refractivity contribution >= 4 is 16.9 Å². The van der Waals surface area contributed by atoms with Gasteiger partial charge in [0.25, 0.3) is 5.97 Å². The van der Waals surface area contributed by atoms with Crippen LogP contribution in [0.3, 0.4) is 0 Å². The van der Waals surface area contributed by atoms with Crippen LogP contribution in [-0.2, 0) is 4.79 Å². The number of aromatic nitrogens is 1. The smallest absolute Gasteiger partial charge is 0.481 e. The summed E-state index contributed by atoms with van der Waals surface area (Å²) in [5, 5.41) is 8.57. The van der Waals surface area contributed by atoms with E-state index in [2.05, 4.69) is 11.1 Å². The van der Waals surface area contributed by atoms with Crippen LogP contribution in [0.1, 0.15) is 12.5 Å². The van der Waals surface area contributed by atoms with Gasteiger partial charge in [-0.1, -0.05) is 13.0 Å². The summed E-state index contributed by atoms with van der Waals surface area (Å²) in [5.74, 6) is -0.833. The second kappa shape index (κ2) is 7.92. The Morgan fingerprint density at radius 3 is 2.75 bits per heavy atom. The second-order valence-electron chi connectivity index (χ2n) is 3.11. The molecular weight excluding hydrogens is 229 g/mol. The molecule has 0 saturated carbocycles. The van der Waals surface area contributed by atoms with Crippen molar-refractivity contribution in [1.29, 1.82) is 0 Å². The fourth-order valence-electron chi connectivity index (χ4n) is 1.11. The van der Waals surface area contributed by atoms with E-state index < -0.39 is 5.97 Å². The van der Waals surface area contributed by atoms with Gasteiger partial charge in [0.05, 0.1) is 0 Å². The van der Waals surface area contributed by atoms with Crippen molar-refractivity contribution in [3.05, 3.63) is 42.1 Å². The molecule has 2 rings (SSSR count). The molecule has 1 N–H and O–H groups in total. The Labute approximate surface area is 137 Å². The van der Waals surface area contributed by atoms with Gasteiger partial charge in [0.2, 0.25) is 0 Å². The first kappa shape index (κ1) is 15.7. The van der Waals surface area contributed by atoms with Gasteiger partial charge >= 0.3 is 51.4 Å². The Morgan fingerprint density at radius 1 is 1.50 bits per heavy atom. The summed E-state index contributed by atoms with van der Waals surface area (Å²) in [6.45, 7) is 3.11. The molecule has 78 valence electrons. The quantitative estimate of drug-likeness (QED) is 0.497. The standard InChI is InChI=1S/C10H8N.C2H4O2.K/c1-8-4-5-9-3-2-6-11-10(9)7-8;1-2(3)4;/h2-3,5-7H,1H3;1H3,(H,3,4);/q-1;;+1. The van der Waals surface area contributed by atoms with E-state index in [0.717, 1.165) is 23.4 Å². The Balaban J connectivity index is 0.000000397. The molecule has 0 unspecified atom stereocenters. The van der Waals surface area contributed by atoms with Gasteiger partial charge in [0, 0.05) is 13.1 Å². The van der Waals surface area contributed by atoms with Crippen LogP contribution in [-0.4, -0.2) is 16.1 Å². The van der Waals surface area contributed by atoms with Gasteiger partial charge in [0.15, 0.2) is 0 Å². The fraction of sp³-hybridized carbons (Fsp3) is 0.167. The maximum absolute atomic E-state index is 9.00. The third-order valence-electron chi connectivity index (χ3n) is 1.68. The van der Waals surface area contributed by atoms with Crippen molar-refractivity contribution < 1.29 is 61.3 Å². The van der Waals surface area contributed by atoms with E-state index in [-0.39, 0.29) is 51.4 Å². The summed E-state index contributed by atoms with van der Waals surface area (Å²) in [6, 6.07) is 11.1. The monoisotopic (exact) mass is 241 g/mol. The number of pyridine rings is 1. The van der Waals surface area contributed by atoms with Gasteiger partial charge in [0.1, 0.15) is 0 Å². The summed E-state index contributed by atoms with van der Waals surface area (Å²) < 4.78 is 0. The number of fused-ring (bicyclic) bond motifs is 1. The van der Waals surface area contributed by atoms with Crippen LogP contribution in [0.5, 0.6) is 0 Å². The molecule has 0 amide bonds. The van der Waals surface area contributed by atoms with Crippen LogP contribution in [0.2, 0.25) is 0 Å². The van der Waals surface area contributed by atoms with Gasteiger partial charge in [-0.15, -0.1) is 17.5 Å². The van der Waals surface area contributed by atoms with E-state index in [0.29, 0.717) is 0 Å². The van der Waals surface area contributed by atoms with Crippen molar-refractivity contribution in [2.24, 2.45) is 0 Å². The summed E-state index contributed by atoms with van der Waals surface area (Å²) in [5.41, 5.74) is 2.18. The summed E-state index contributed by atoms with van der Waals surface area (Å²) in [4.78, 5) is 13.2. The zero-order valence-electron chi connectivity index (χ0n) is 9.69. The van der Waals surface area contributed by atoms with Crippen molar-refractivity contribution in [2.45, 2.75) is 13.8 Å². The molecule has 1 heterocycles. The molecule has 0 bridgehead atoms. The predicted molar refractivity (Wildman–Crippen MR) is 58.6 cm³/mol. The van der Waals surface area contributed by atoms with Gasteiger partial charge in [-0.25, -0.2) is 0 Å². The summed E-state index contributed by atoms with van der Waals surface area (Å²) in [6.07, 6.45) is 1.81. The molecule has 0 aliphatic heterocycles. The van der Waals surface area contributed by atoms with Crippen molar-refractivity contribution in [1.82, 2.24) is 4.98 Å². The first-order valence-corrected chi connectivity index (χ1v) is 4.52. The minimum Gasteiger partial charge on any atom is -0.481 e. The molecule has 1 aromatic carbocycles. The molecule has 3 nitrogen and oxygen atoms in total. The first-order chi connectivity index (χ1) is 7.09. The van der Waals surface area contributed by atoms with E-state index >= 15 is 0 Å². The average Bonchev–Trinajstić information content (AvgIpc) is 2.16. The van der Waals surface area contributed by atoms with Gasteiger partial charge in [-0.3, -0.25) is 9.78 Å². The fourth-order valence-corrected chi connectivity index (χ4v) is 1.11. The predicted octanol–water partition coefficient (Wildman–Crippen LogP) is -0.562. The number of aliphatic carboxylic acids is 1. The Bertz CT molecular complexity index is 467. The van der Waals surface area contributed by atoms with Crippen LogP contribution in [0.25, 0.3) is 10.9 Å². The number of benzene rings is 1. The van der Waals surface area contributed by atoms with Crippen molar-refractivity contribution in [2.75, 3.05) is 0 Å². The molecule has 0 aliphatic carbocycles. The molecule has 2 aromatic rings. The third kappa shape index (κ3) is 5.72. The zero-order valence-corrected chi connectivity index (χ0v) is 12.8. The molecule has 16 heavy (non-hydrogen) atoms. The number of nitrogens with zero attached hydrogens (tertiary/aromatic N) is 1. The van der Waals surface area contributed by atoms with Crippen molar-refractivity contribution in [3.63, 3.8) is 0 Å². The van der Waals surface area contributed by atoms with E-state index in [1.807, 2.05) is 37.4 Å². The number of carboxylic acid groups (broad SMARTS) is 1. The normalized spacial score (nSPS) is 8.62. The Morgan fingerprint density at radius 2 is 2.12 bits per heavy atom. The molecule has 0 radical (unpaired) electrons. The molecule has 4 heteroatoms. The Kier molecular flexibility index (Phi) is 7.79. The summed E-state index contributed by atoms with van der Waals surface area (Å²) >= 11 is 0.